The van der Waals surface area contributed by atoms with Crippen LogP contribution in [0.2, 0.25) is 0 Å². The molecular weight excluding hydrogens is 117 g/mol. The maximum absolute atomic E-state index is 12.5. The summed E-state index contributed by atoms with van der Waals surface area (Å²) >= 11 is 0. The van der Waals surface area contributed by atoms with Crippen molar-refractivity contribution in [2.75, 3.05) is 0 Å². The average Bonchev–Trinajstić information content (AvgIpc) is 2.37. The molecule has 50 valence electrons. The average molecular weight is 127 g/mol. The van der Waals surface area contributed by atoms with Gasteiger partial charge in [0.15, 0.2) is 6.17 Å². The summed E-state index contributed by atoms with van der Waals surface area (Å²) in [5, 5.41) is 8.17. The number of halogens is 1. The lowest BCUT2D eigenvalue weighted by atomic mass is 10.0. The molecule has 1 fully saturated rings. The Hall–Kier alpha value is -0.580. The summed E-state index contributed by atoms with van der Waals surface area (Å²) in [4.78, 5) is 0. The quantitative estimate of drug-likeness (QED) is 0.528. The van der Waals surface area contributed by atoms with Gasteiger partial charge >= 0.3 is 0 Å². The van der Waals surface area contributed by atoms with Crippen molar-refractivity contribution in [3.63, 3.8) is 0 Å². The highest BCUT2D eigenvalue weighted by atomic mass is 19.1. The van der Waals surface area contributed by atoms with E-state index in [1.807, 2.05) is 0 Å². The number of nitriles is 1. The molecule has 1 atom stereocenters. The van der Waals surface area contributed by atoms with E-state index >= 15 is 0 Å². The summed E-state index contributed by atoms with van der Waals surface area (Å²) in [5.74, 6) is 0.0509. The second-order valence-electron chi connectivity index (χ2n) is 2.58. The molecule has 0 radical (unpaired) electrons. The van der Waals surface area contributed by atoms with Crippen LogP contribution in [-0.4, -0.2) is 6.17 Å². The van der Waals surface area contributed by atoms with Crippen LogP contribution in [0, 0.1) is 17.2 Å². The molecule has 0 spiro atoms. The number of nitrogens with zero attached hydrogens (tertiary/aromatic N) is 1. The van der Waals surface area contributed by atoms with Crippen molar-refractivity contribution in [3.8, 4) is 6.07 Å². The molecule has 0 aromatic rings. The third-order valence-electron chi connectivity index (χ3n) is 1.94. The van der Waals surface area contributed by atoms with Gasteiger partial charge < -0.3 is 0 Å². The Labute approximate surface area is 54.5 Å². The molecule has 0 bridgehead atoms. The highest BCUT2D eigenvalue weighted by molar-refractivity contribution is 4.90. The first-order chi connectivity index (χ1) is 4.34. The van der Waals surface area contributed by atoms with Gasteiger partial charge in [-0.25, -0.2) is 4.39 Å². The van der Waals surface area contributed by atoms with E-state index in [-0.39, 0.29) is 5.92 Å². The lowest BCUT2D eigenvalue weighted by molar-refractivity contribution is 0.292. The predicted octanol–water partition coefficient (Wildman–Crippen LogP) is 2.04. The first-order valence-electron chi connectivity index (χ1n) is 3.38. The molecule has 0 amide bonds. The van der Waals surface area contributed by atoms with Gasteiger partial charge in [0.1, 0.15) is 6.07 Å². The van der Waals surface area contributed by atoms with Crippen LogP contribution in [0.25, 0.3) is 0 Å². The monoisotopic (exact) mass is 127 g/mol. The lowest BCUT2D eigenvalue weighted by Gasteiger charge is -2.05. The Morgan fingerprint density at radius 1 is 1.44 bits per heavy atom. The predicted molar refractivity (Wildman–Crippen MR) is 32.5 cm³/mol. The van der Waals surface area contributed by atoms with Gasteiger partial charge in [-0.05, 0) is 12.8 Å². The normalized spacial score (nSPS) is 23.6. The molecular formula is C7H10FN. The summed E-state index contributed by atoms with van der Waals surface area (Å²) in [6.07, 6.45) is 2.83. The van der Waals surface area contributed by atoms with E-state index in [9.17, 15) is 4.39 Å². The van der Waals surface area contributed by atoms with Crippen LogP contribution >= 0.6 is 0 Å². The van der Waals surface area contributed by atoms with Gasteiger partial charge in [-0.1, -0.05) is 12.8 Å². The van der Waals surface area contributed by atoms with Gasteiger partial charge in [0, 0.05) is 5.92 Å². The minimum atomic E-state index is -1.20. The van der Waals surface area contributed by atoms with E-state index < -0.39 is 6.17 Å². The molecule has 0 aliphatic heterocycles. The van der Waals surface area contributed by atoms with Crippen molar-refractivity contribution in [1.82, 2.24) is 0 Å². The third-order valence-corrected chi connectivity index (χ3v) is 1.94. The summed E-state index contributed by atoms with van der Waals surface area (Å²) < 4.78 is 12.5. The van der Waals surface area contributed by atoms with Crippen LogP contribution < -0.4 is 0 Å². The molecule has 0 aromatic heterocycles. The first-order valence-corrected chi connectivity index (χ1v) is 3.38. The van der Waals surface area contributed by atoms with Gasteiger partial charge in [0.2, 0.25) is 0 Å². The molecule has 2 heteroatoms. The lowest BCUT2D eigenvalue weighted by Crippen LogP contribution is -2.08. The Kier molecular flexibility index (Phi) is 2.05. The zero-order chi connectivity index (χ0) is 6.69. The van der Waals surface area contributed by atoms with Crippen molar-refractivity contribution in [1.29, 1.82) is 5.26 Å². The van der Waals surface area contributed by atoms with Gasteiger partial charge in [-0.3, -0.25) is 0 Å². The van der Waals surface area contributed by atoms with Crippen molar-refractivity contribution in [2.24, 2.45) is 5.92 Å². The van der Waals surface area contributed by atoms with Crippen molar-refractivity contribution < 1.29 is 4.39 Å². The number of hydrogen-bond donors (Lipinski definition) is 0. The van der Waals surface area contributed by atoms with Crippen molar-refractivity contribution in [3.05, 3.63) is 0 Å². The minimum absolute atomic E-state index is 0.0509. The highest BCUT2D eigenvalue weighted by Gasteiger charge is 2.23. The zero-order valence-corrected chi connectivity index (χ0v) is 5.31. The zero-order valence-electron chi connectivity index (χ0n) is 5.31. The molecule has 9 heavy (non-hydrogen) atoms. The Morgan fingerprint density at radius 3 is 2.44 bits per heavy atom. The van der Waals surface area contributed by atoms with Crippen LogP contribution in [0.4, 0.5) is 4.39 Å². The first kappa shape index (κ1) is 6.54. The van der Waals surface area contributed by atoms with Gasteiger partial charge in [0.25, 0.3) is 0 Å². The van der Waals surface area contributed by atoms with Crippen molar-refractivity contribution >= 4 is 0 Å². The largest absolute Gasteiger partial charge is 0.231 e. The Balaban J connectivity index is 2.34. The molecule has 0 heterocycles. The van der Waals surface area contributed by atoms with Crippen LogP contribution in [0.3, 0.4) is 0 Å². The third kappa shape index (κ3) is 1.41. The Morgan fingerprint density at radius 2 is 2.00 bits per heavy atom. The second-order valence-corrected chi connectivity index (χ2v) is 2.58. The molecule has 0 N–H and O–H groups in total. The highest BCUT2D eigenvalue weighted by Crippen LogP contribution is 2.28. The van der Waals surface area contributed by atoms with Gasteiger partial charge in [-0.2, -0.15) is 5.26 Å². The van der Waals surface area contributed by atoms with E-state index in [0.717, 1.165) is 25.7 Å². The summed E-state index contributed by atoms with van der Waals surface area (Å²) in [6, 6.07) is 1.64. The fraction of sp³-hybridized carbons (Fsp3) is 0.857. The summed E-state index contributed by atoms with van der Waals surface area (Å²) in [7, 11) is 0. The molecule has 0 aromatic carbocycles. The fourth-order valence-electron chi connectivity index (χ4n) is 1.36. The van der Waals surface area contributed by atoms with E-state index in [1.54, 1.807) is 6.07 Å². The molecule has 1 aliphatic rings. The molecule has 1 rings (SSSR count). The number of hydrogen-bond acceptors (Lipinski definition) is 1. The number of alkyl halides is 1. The smallest absolute Gasteiger partial charge is 0.189 e. The molecule has 1 aliphatic carbocycles. The molecule has 1 saturated carbocycles. The van der Waals surface area contributed by atoms with Gasteiger partial charge in [0.05, 0.1) is 0 Å². The molecule has 0 saturated heterocycles. The molecule has 1 unspecified atom stereocenters. The van der Waals surface area contributed by atoms with Crippen molar-refractivity contribution in [2.45, 2.75) is 31.9 Å². The SMILES string of the molecule is N#CC(F)C1CCCC1. The Bertz CT molecular complexity index is 121. The standard InChI is InChI=1S/C7H10FN/c8-7(5-9)6-3-1-2-4-6/h6-7H,1-4H2. The van der Waals surface area contributed by atoms with Crippen LogP contribution in [-0.2, 0) is 0 Å². The summed E-state index contributed by atoms with van der Waals surface area (Å²) in [5.41, 5.74) is 0. The second kappa shape index (κ2) is 2.82. The van der Waals surface area contributed by atoms with Crippen LogP contribution in [0.5, 0.6) is 0 Å². The maximum atomic E-state index is 12.5. The topological polar surface area (TPSA) is 23.8 Å². The van der Waals surface area contributed by atoms with E-state index in [4.69, 9.17) is 5.26 Å². The minimum Gasteiger partial charge on any atom is -0.231 e. The van der Waals surface area contributed by atoms with Crippen LogP contribution in [0.15, 0.2) is 0 Å². The summed E-state index contributed by atoms with van der Waals surface area (Å²) in [6.45, 7) is 0. The van der Waals surface area contributed by atoms with E-state index in [2.05, 4.69) is 0 Å². The van der Waals surface area contributed by atoms with E-state index in [0.29, 0.717) is 0 Å². The fourth-order valence-corrected chi connectivity index (χ4v) is 1.36. The molecule has 1 nitrogen and oxygen atoms in total. The van der Waals surface area contributed by atoms with Crippen LogP contribution in [0.1, 0.15) is 25.7 Å². The number of rotatable bonds is 1. The maximum Gasteiger partial charge on any atom is 0.189 e. The van der Waals surface area contributed by atoms with Gasteiger partial charge in [-0.15, -0.1) is 0 Å². The van der Waals surface area contributed by atoms with E-state index in [1.165, 1.54) is 0 Å².